The van der Waals surface area contributed by atoms with Crippen molar-refractivity contribution in [3.8, 4) is 11.1 Å². The van der Waals surface area contributed by atoms with E-state index in [0.29, 0.717) is 13.0 Å². The lowest BCUT2D eigenvalue weighted by Gasteiger charge is -2.17. The number of hydrogen-bond acceptors (Lipinski definition) is 3. The first-order valence-corrected chi connectivity index (χ1v) is 10.2. The van der Waals surface area contributed by atoms with Crippen molar-refractivity contribution in [2.75, 3.05) is 7.05 Å². The van der Waals surface area contributed by atoms with E-state index in [2.05, 4.69) is 40.3 Å². The molecule has 3 aromatic rings. The molecule has 0 fully saturated rings. The van der Waals surface area contributed by atoms with Gasteiger partial charge in [0.1, 0.15) is 0 Å². The standard InChI is InChI=1S/C23H25N5O/c1-26-15-22-20(14-27(2)25-22)17-11-19-18(6-7-21(19)24-12-17)16-8-10-28(13-16)9-4-3-5-23(26)29/h6,8,10-14H,3-5,7,9,15H2,1-2H3. The Kier molecular flexibility index (Phi) is 4.34. The maximum Gasteiger partial charge on any atom is 0.222 e. The van der Waals surface area contributed by atoms with Crippen molar-refractivity contribution in [3.05, 3.63) is 65.5 Å². The van der Waals surface area contributed by atoms with Crippen molar-refractivity contribution in [2.45, 2.75) is 38.8 Å². The molecule has 0 saturated carbocycles. The molecule has 1 aliphatic carbocycles. The van der Waals surface area contributed by atoms with Gasteiger partial charge in [-0.3, -0.25) is 14.5 Å². The van der Waals surface area contributed by atoms with E-state index in [4.69, 9.17) is 4.98 Å². The quantitative estimate of drug-likeness (QED) is 0.594. The Hall–Kier alpha value is -3.15. The van der Waals surface area contributed by atoms with Crippen LogP contribution >= 0.6 is 0 Å². The molecule has 6 nitrogen and oxygen atoms in total. The lowest BCUT2D eigenvalue weighted by Crippen LogP contribution is -2.26. The zero-order valence-electron chi connectivity index (χ0n) is 16.9. The summed E-state index contributed by atoms with van der Waals surface area (Å²) in [5.74, 6) is 0.166. The van der Waals surface area contributed by atoms with Gasteiger partial charge in [-0.1, -0.05) is 6.08 Å². The lowest BCUT2D eigenvalue weighted by atomic mass is 9.99. The Balaban J connectivity index is 1.62. The summed E-state index contributed by atoms with van der Waals surface area (Å²) in [6, 6.07) is 4.41. The molecule has 148 valence electrons. The van der Waals surface area contributed by atoms with Crippen LogP contribution in [0.1, 0.15) is 41.8 Å². The normalized spacial score (nSPS) is 16.7. The molecule has 0 atom stereocenters. The Labute approximate surface area is 170 Å². The van der Waals surface area contributed by atoms with Gasteiger partial charge in [0.15, 0.2) is 0 Å². The number of allylic oxidation sites excluding steroid dienone is 1. The minimum Gasteiger partial charge on any atom is -0.354 e. The highest BCUT2D eigenvalue weighted by Gasteiger charge is 2.21. The van der Waals surface area contributed by atoms with Crippen LogP contribution in [-0.4, -0.2) is 37.2 Å². The highest BCUT2D eigenvalue weighted by molar-refractivity contribution is 5.86. The Morgan fingerprint density at radius 3 is 2.83 bits per heavy atom. The first-order chi connectivity index (χ1) is 14.1. The van der Waals surface area contributed by atoms with Crippen LogP contribution < -0.4 is 0 Å². The first kappa shape index (κ1) is 17.9. The predicted octanol–water partition coefficient (Wildman–Crippen LogP) is 3.41. The van der Waals surface area contributed by atoms with E-state index >= 15 is 0 Å². The highest BCUT2D eigenvalue weighted by Crippen LogP contribution is 2.35. The monoisotopic (exact) mass is 387 g/mol. The number of pyridine rings is 1. The zero-order valence-corrected chi connectivity index (χ0v) is 16.9. The van der Waals surface area contributed by atoms with Crippen molar-refractivity contribution in [3.63, 3.8) is 0 Å². The highest BCUT2D eigenvalue weighted by atomic mass is 16.2. The van der Waals surface area contributed by atoms with Crippen LogP contribution in [-0.2, 0) is 31.4 Å². The molecule has 4 heterocycles. The Morgan fingerprint density at radius 2 is 1.93 bits per heavy atom. The SMILES string of the molecule is CN1Cc2nn(C)cc2-c2cnc3c(c2)C(=CC3)c2ccn(c2)CCCCC1=O. The Bertz CT molecular complexity index is 1120. The molecule has 3 aromatic heterocycles. The molecule has 29 heavy (non-hydrogen) atoms. The molecule has 6 heteroatoms. The van der Waals surface area contributed by atoms with E-state index in [0.717, 1.165) is 48.3 Å². The Morgan fingerprint density at radius 1 is 1.03 bits per heavy atom. The molecule has 0 unspecified atom stereocenters. The van der Waals surface area contributed by atoms with E-state index < -0.39 is 0 Å². The van der Waals surface area contributed by atoms with E-state index in [9.17, 15) is 4.79 Å². The number of rotatable bonds is 0. The van der Waals surface area contributed by atoms with Crippen LogP contribution in [0.25, 0.3) is 16.7 Å². The second-order valence-corrected chi connectivity index (χ2v) is 8.05. The number of fused-ring (bicyclic) bond motifs is 6. The number of nitrogens with zero attached hydrogens (tertiary/aromatic N) is 5. The molecule has 0 radical (unpaired) electrons. The number of hydrogen-bond donors (Lipinski definition) is 0. The van der Waals surface area contributed by atoms with Crippen molar-refractivity contribution >= 4 is 11.5 Å². The second-order valence-electron chi connectivity index (χ2n) is 8.05. The van der Waals surface area contributed by atoms with Crippen LogP contribution in [0.4, 0.5) is 0 Å². The van der Waals surface area contributed by atoms with Gasteiger partial charge in [0.05, 0.1) is 17.9 Å². The van der Waals surface area contributed by atoms with Crippen LogP contribution in [0.3, 0.4) is 0 Å². The van der Waals surface area contributed by atoms with E-state index in [1.165, 1.54) is 16.7 Å². The minimum atomic E-state index is 0.166. The van der Waals surface area contributed by atoms with E-state index in [1.54, 1.807) is 4.90 Å². The van der Waals surface area contributed by atoms with Gasteiger partial charge in [-0.15, -0.1) is 0 Å². The van der Waals surface area contributed by atoms with Gasteiger partial charge in [0.2, 0.25) is 5.91 Å². The summed E-state index contributed by atoms with van der Waals surface area (Å²) in [7, 11) is 3.79. The van der Waals surface area contributed by atoms with Gasteiger partial charge in [-0.25, -0.2) is 0 Å². The van der Waals surface area contributed by atoms with Gasteiger partial charge in [-0.05, 0) is 36.1 Å². The molecule has 0 aromatic carbocycles. The van der Waals surface area contributed by atoms with Crippen molar-refractivity contribution < 1.29 is 4.79 Å². The van der Waals surface area contributed by atoms with Crippen LogP contribution in [0.15, 0.2) is 43.0 Å². The fourth-order valence-electron chi connectivity index (χ4n) is 4.32. The van der Waals surface area contributed by atoms with Crippen molar-refractivity contribution in [1.82, 2.24) is 24.2 Å². The minimum absolute atomic E-state index is 0.166. The molecule has 4 bridgehead atoms. The third-order valence-electron chi connectivity index (χ3n) is 5.91. The van der Waals surface area contributed by atoms with Gasteiger partial charge >= 0.3 is 0 Å². The molecule has 2 aliphatic rings. The fourth-order valence-corrected chi connectivity index (χ4v) is 4.32. The summed E-state index contributed by atoms with van der Waals surface area (Å²) in [5.41, 5.74) is 7.81. The lowest BCUT2D eigenvalue weighted by molar-refractivity contribution is -0.130. The third-order valence-corrected chi connectivity index (χ3v) is 5.91. The summed E-state index contributed by atoms with van der Waals surface area (Å²) in [5, 5.41) is 4.64. The first-order valence-electron chi connectivity index (χ1n) is 10.2. The van der Waals surface area contributed by atoms with Gasteiger partial charge in [-0.2, -0.15) is 5.10 Å². The van der Waals surface area contributed by atoms with Crippen LogP contribution in [0.2, 0.25) is 0 Å². The van der Waals surface area contributed by atoms with Crippen LogP contribution in [0.5, 0.6) is 0 Å². The number of aryl methyl sites for hydroxylation is 2. The average Bonchev–Trinajstić information content (AvgIpc) is 3.42. The van der Waals surface area contributed by atoms with Crippen LogP contribution in [0, 0.1) is 0 Å². The summed E-state index contributed by atoms with van der Waals surface area (Å²) in [6.07, 6.45) is 13.9. The van der Waals surface area contributed by atoms with Gasteiger partial charge in [0.25, 0.3) is 0 Å². The van der Waals surface area contributed by atoms with Gasteiger partial charge in [0, 0.05) is 75.0 Å². The average molecular weight is 387 g/mol. The third kappa shape index (κ3) is 3.28. The number of aromatic nitrogens is 4. The summed E-state index contributed by atoms with van der Waals surface area (Å²) in [4.78, 5) is 19.1. The van der Waals surface area contributed by atoms with E-state index in [1.807, 2.05) is 31.2 Å². The molecule has 1 aliphatic heterocycles. The van der Waals surface area contributed by atoms with Gasteiger partial charge < -0.3 is 9.47 Å². The maximum absolute atomic E-state index is 12.6. The molecule has 0 saturated heterocycles. The molecular formula is C23H25N5O. The summed E-state index contributed by atoms with van der Waals surface area (Å²) < 4.78 is 4.05. The second kappa shape index (κ2) is 7.03. The molecular weight excluding hydrogens is 362 g/mol. The molecule has 0 spiro atoms. The molecule has 1 amide bonds. The summed E-state index contributed by atoms with van der Waals surface area (Å²) >= 11 is 0. The number of carbonyl (C=O) groups is 1. The van der Waals surface area contributed by atoms with Crippen molar-refractivity contribution in [1.29, 1.82) is 0 Å². The topological polar surface area (TPSA) is 56.0 Å². The largest absolute Gasteiger partial charge is 0.354 e. The fraction of sp³-hybridized carbons (Fsp3) is 0.348. The molecule has 0 N–H and O–H groups in total. The van der Waals surface area contributed by atoms with Crippen molar-refractivity contribution in [2.24, 2.45) is 7.05 Å². The maximum atomic E-state index is 12.6. The number of amides is 1. The smallest absolute Gasteiger partial charge is 0.222 e. The molecule has 5 rings (SSSR count). The zero-order chi connectivity index (χ0) is 20.0. The number of carbonyl (C=O) groups excluding carboxylic acids is 1. The predicted molar refractivity (Wildman–Crippen MR) is 112 cm³/mol. The van der Waals surface area contributed by atoms with E-state index in [-0.39, 0.29) is 5.91 Å². The summed E-state index contributed by atoms with van der Waals surface area (Å²) in [6.45, 7) is 1.44.